The normalized spacial score (nSPS) is 14.3. The molecule has 0 saturated carbocycles. The zero-order valence-corrected chi connectivity index (χ0v) is 22.2. The van der Waals surface area contributed by atoms with Gasteiger partial charge in [-0.15, -0.1) is 0 Å². The van der Waals surface area contributed by atoms with Crippen LogP contribution in [-0.2, 0) is 16.2 Å². The fourth-order valence-electron chi connectivity index (χ4n) is 3.33. The average molecular weight is 588 g/mol. The first kappa shape index (κ1) is 25.8. The Hall–Kier alpha value is -3.27. The van der Waals surface area contributed by atoms with Gasteiger partial charge in [0.2, 0.25) is 5.91 Å². The summed E-state index contributed by atoms with van der Waals surface area (Å²) in [6.07, 6.45) is 1.58. The second kappa shape index (κ2) is 11.6. The molecule has 0 spiro atoms. The lowest BCUT2D eigenvalue weighted by molar-refractivity contribution is -0.127. The van der Waals surface area contributed by atoms with Crippen molar-refractivity contribution in [1.29, 1.82) is 0 Å². The Bertz CT molecular complexity index is 1350. The molecule has 36 heavy (non-hydrogen) atoms. The van der Waals surface area contributed by atoms with E-state index in [1.165, 1.54) is 0 Å². The quantitative estimate of drug-likeness (QED) is 0.309. The molecule has 0 unspecified atom stereocenters. The maximum absolute atomic E-state index is 13.0. The lowest BCUT2D eigenvalue weighted by Crippen LogP contribution is -2.36. The SMILES string of the molecule is COc1ccc(NC(=O)CN2C(=O)S/C(=C/c3cc(Br)ccc3OCc3ccccc3Cl)C2=O)cc1. The summed E-state index contributed by atoms with van der Waals surface area (Å²) in [5, 5.41) is 2.74. The van der Waals surface area contributed by atoms with E-state index < -0.39 is 23.6 Å². The predicted octanol–water partition coefficient (Wildman–Crippen LogP) is 6.37. The maximum atomic E-state index is 13.0. The van der Waals surface area contributed by atoms with Crippen LogP contribution in [0, 0.1) is 0 Å². The van der Waals surface area contributed by atoms with Gasteiger partial charge in [0.15, 0.2) is 0 Å². The Labute approximate surface area is 225 Å². The summed E-state index contributed by atoms with van der Waals surface area (Å²) in [5.41, 5.74) is 1.94. The van der Waals surface area contributed by atoms with E-state index in [-0.39, 0.29) is 11.5 Å². The minimum absolute atomic E-state index is 0.193. The van der Waals surface area contributed by atoms with E-state index in [2.05, 4.69) is 21.2 Å². The third-order valence-corrected chi connectivity index (χ3v) is 6.92. The smallest absolute Gasteiger partial charge is 0.294 e. The summed E-state index contributed by atoms with van der Waals surface area (Å²) >= 11 is 10.4. The van der Waals surface area contributed by atoms with Crippen LogP contribution in [0.4, 0.5) is 10.5 Å². The van der Waals surface area contributed by atoms with Crippen molar-refractivity contribution in [3.63, 3.8) is 0 Å². The van der Waals surface area contributed by atoms with E-state index in [1.54, 1.807) is 55.7 Å². The molecule has 3 aromatic rings. The topological polar surface area (TPSA) is 84.9 Å². The summed E-state index contributed by atoms with van der Waals surface area (Å²) in [7, 11) is 1.54. The minimum Gasteiger partial charge on any atom is -0.497 e. The number of nitrogens with zero attached hydrogens (tertiary/aromatic N) is 1. The standard InChI is InChI=1S/C26H20BrClN2O5S/c1-34-20-9-7-19(8-10-20)29-24(31)14-30-25(32)23(36-26(30)33)13-17-12-18(27)6-11-22(17)35-15-16-4-2-3-5-21(16)28/h2-13H,14-15H2,1H3,(H,29,31)/b23-13+. The Morgan fingerprint density at radius 1 is 1.11 bits per heavy atom. The molecule has 7 nitrogen and oxygen atoms in total. The number of benzene rings is 3. The zero-order valence-electron chi connectivity index (χ0n) is 19.0. The van der Waals surface area contributed by atoms with Crippen LogP contribution in [0.3, 0.4) is 0 Å². The Balaban J connectivity index is 1.47. The van der Waals surface area contributed by atoms with Gasteiger partial charge in [-0.05, 0) is 66.4 Å². The van der Waals surface area contributed by atoms with Crippen molar-refractivity contribution in [3.05, 3.63) is 92.3 Å². The Morgan fingerprint density at radius 3 is 2.58 bits per heavy atom. The van der Waals surface area contributed by atoms with E-state index >= 15 is 0 Å². The first-order chi connectivity index (χ1) is 17.3. The van der Waals surface area contributed by atoms with Crippen molar-refractivity contribution in [2.45, 2.75) is 6.61 Å². The van der Waals surface area contributed by atoms with Crippen molar-refractivity contribution in [1.82, 2.24) is 4.90 Å². The number of amides is 3. The van der Waals surface area contributed by atoms with E-state index in [0.717, 1.165) is 26.7 Å². The number of halogens is 2. The van der Waals surface area contributed by atoms with Crippen LogP contribution >= 0.6 is 39.3 Å². The van der Waals surface area contributed by atoms with Gasteiger partial charge in [0.1, 0.15) is 24.7 Å². The molecule has 3 aromatic carbocycles. The number of thioether (sulfide) groups is 1. The molecular weight excluding hydrogens is 568 g/mol. The Morgan fingerprint density at radius 2 is 1.86 bits per heavy atom. The number of nitrogens with one attached hydrogen (secondary N) is 1. The van der Waals surface area contributed by atoms with Crippen LogP contribution in [0.2, 0.25) is 5.02 Å². The van der Waals surface area contributed by atoms with Gasteiger partial charge in [0.05, 0.1) is 12.0 Å². The zero-order chi connectivity index (χ0) is 25.7. The molecule has 1 aliphatic rings. The largest absolute Gasteiger partial charge is 0.497 e. The molecule has 1 heterocycles. The molecule has 1 N–H and O–H groups in total. The van der Waals surface area contributed by atoms with Crippen molar-refractivity contribution in [2.75, 3.05) is 19.0 Å². The Kier molecular flexibility index (Phi) is 8.35. The molecule has 1 saturated heterocycles. The van der Waals surface area contributed by atoms with E-state index in [9.17, 15) is 14.4 Å². The van der Waals surface area contributed by atoms with Crippen LogP contribution < -0.4 is 14.8 Å². The van der Waals surface area contributed by atoms with Gasteiger partial charge in [0, 0.05) is 26.3 Å². The van der Waals surface area contributed by atoms with Gasteiger partial charge >= 0.3 is 0 Å². The van der Waals surface area contributed by atoms with Crippen LogP contribution in [0.15, 0.2) is 76.1 Å². The summed E-state index contributed by atoms with van der Waals surface area (Å²) in [4.78, 5) is 39.1. The molecule has 184 valence electrons. The molecule has 0 atom stereocenters. The molecule has 3 amide bonds. The highest BCUT2D eigenvalue weighted by Gasteiger charge is 2.36. The van der Waals surface area contributed by atoms with Crippen LogP contribution in [0.1, 0.15) is 11.1 Å². The molecule has 10 heteroatoms. The monoisotopic (exact) mass is 586 g/mol. The van der Waals surface area contributed by atoms with Crippen LogP contribution in [0.25, 0.3) is 6.08 Å². The fraction of sp³-hybridized carbons (Fsp3) is 0.115. The maximum Gasteiger partial charge on any atom is 0.294 e. The molecule has 0 radical (unpaired) electrons. The second-order valence-corrected chi connectivity index (χ2v) is 9.92. The molecule has 0 bridgehead atoms. The molecule has 0 aromatic heterocycles. The van der Waals surface area contributed by atoms with Crippen molar-refractivity contribution < 1.29 is 23.9 Å². The number of carbonyl (C=O) groups is 3. The highest BCUT2D eigenvalue weighted by atomic mass is 79.9. The number of hydrogen-bond donors (Lipinski definition) is 1. The first-order valence-corrected chi connectivity index (χ1v) is 12.7. The number of ether oxygens (including phenoxy) is 2. The van der Waals surface area contributed by atoms with Gasteiger partial charge < -0.3 is 14.8 Å². The number of carbonyl (C=O) groups excluding carboxylic acids is 3. The first-order valence-electron chi connectivity index (χ1n) is 10.7. The van der Waals surface area contributed by atoms with Crippen molar-refractivity contribution in [3.8, 4) is 11.5 Å². The van der Waals surface area contributed by atoms with Crippen LogP contribution in [0.5, 0.6) is 11.5 Å². The highest BCUT2D eigenvalue weighted by Crippen LogP contribution is 2.35. The van der Waals surface area contributed by atoms with E-state index in [0.29, 0.717) is 27.8 Å². The van der Waals surface area contributed by atoms with Crippen molar-refractivity contribution >= 4 is 68.1 Å². The van der Waals surface area contributed by atoms with Gasteiger partial charge in [-0.25, -0.2) is 0 Å². The lowest BCUT2D eigenvalue weighted by Gasteiger charge is -2.13. The molecule has 1 aliphatic heterocycles. The van der Waals surface area contributed by atoms with Crippen molar-refractivity contribution in [2.24, 2.45) is 0 Å². The number of rotatable bonds is 8. The number of imide groups is 1. The van der Waals surface area contributed by atoms with Gasteiger partial charge in [0.25, 0.3) is 11.1 Å². The van der Waals surface area contributed by atoms with Gasteiger partial charge in [-0.2, -0.15) is 0 Å². The third-order valence-electron chi connectivity index (χ3n) is 5.15. The molecule has 0 aliphatic carbocycles. The summed E-state index contributed by atoms with van der Waals surface area (Å²) in [6.45, 7) is -0.169. The van der Waals surface area contributed by atoms with Crippen LogP contribution in [-0.4, -0.2) is 35.6 Å². The average Bonchev–Trinajstić information content (AvgIpc) is 3.12. The molecule has 4 rings (SSSR count). The number of hydrogen-bond acceptors (Lipinski definition) is 6. The summed E-state index contributed by atoms with van der Waals surface area (Å²) in [5.74, 6) is 0.121. The number of methoxy groups -OCH3 is 1. The fourth-order valence-corrected chi connectivity index (χ4v) is 4.73. The highest BCUT2D eigenvalue weighted by molar-refractivity contribution is 9.10. The third kappa shape index (κ3) is 6.29. The minimum atomic E-state index is -0.549. The summed E-state index contributed by atoms with van der Waals surface area (Å²) < 4.78 is 11.8. The summed E-state index contributed by atoms with van der Waals surface area (Å²) in [6, 6.07) is 19.4. The van der Waals surface area contributed by atoms with E-state index in [1.807, 2.05) is 24.3 Å². The number of anilines is 1. The molecule has 1 fully saturated rings. The lowest BCUT2D eigenvalue weighted by atomic mass is 10.1. The van der Waals surface area contributed by atoms with Gasteiger partial charge in [-0.3, -0.25) is 19.3 Å². The second-order valence-electron chi connectivity index (χ2n) is 7.61. The predicted molar refractivity (Wildman–Crippen MR) is 144 cm³/mol. The van der Waals surface area contributed by atoms with Gasteiger partial charge in [-0.1, -0.05) is 45.7 Å². The van der Waals surface area contributed by atoms with E-state index in [4.69, 9.17) is 21.1 Å². The molecular formula is C26H20BrClN2O5S.